The Bertz CT molecular complexity index is 797. The Hall–Kier alpha value is -2.58. The Morgan fingerprint density at radius 1 is 0.968 bits per heavy atom. The van der Waals surface area contributed by atoms with Gasteiger partial charge in [0.25, 0.3) is 0 Å². The average molecular weight is 431 g/mol. The standard InChI is InChI=1S/C24H34N2O5/c1-5-6-7-8-9-11-20-14-15-23(28-27-4)17-24(20)21-12-10-13-22(16-21)29-31-30-26-19(2)18-25-3/h10,12-17,25-26H,2,5-9,11,18H2,1,3-4H3. The first-order valence-electron chi connectivity index (χ1n) is 10.7. The molecule has 7 nitrogen and oxygen atoms in total. The van der Waals surface area contributed by atoms with Crippen molar-refractivity contribution in [2.45, 2.75) is 45.4 Å². The first-order chi connectivity index (χ1) is 15.2. The third kappa shape index (κ3) is 8.98. The lowest BCUT2D eigenvalue weighted by Crippen LogP contribution is -2.22. The van der Waals surface area contributed by atoms with Gasteiger partial charge in [-0.15, -0.1) is 0 Å². The van der Waals surface area contributed by atoms with Crippen molar-refractivity contribution in [3.8, 4) is 22.6 Å². The van der Waals surface area contributed by atoms with Crippen LogP contribution in [-0.4, -0.2) is 20.7 Å². The van der Waals surface area contributed by atoms with E-state index in [1.54, 1.807) is 6.07 Å². The second kappa shape index (κ2) is 14.4. The second-order valence-electron chi connectivity index (χ2n) is 7.23. The number of rotatable bonds is 16. The lowest BCUT2D eigenvalue weighted by Gasteiger charge is -2.13. The summed E-state index contributed by atoms with van der Waals surface area (Å²) in [5.41, 5.74) is 6.44. The molecular weight excluding hydrogens is 396 g/mol. The van der Waals surface area contributed by atoms with E-state index in [9.17, 15) is 0 Å². The van der Waals surface area contributed by atoms with Crippen molar-refractivity contribution < 1.29 is 24.7 Å². The molecule has 2 N–H and O–H groups in total. The van der Waals surface area contributed by atoms with Crippen LogP contribution in [0.2, 0.25) is 0 Å². The van der Waals surface area contributed by atoms with E-state index in [-0.39, 0.29) is 0 Å². The Morgan fingerprint density at radius 3 is 2.55 bits per heavy atom. The molecule has 0 aromatic heterocycles. The fourth-order valence-electron chi connectivity index (χ4n) is 3.21. The van der Waals surface area contributed by atoms with Gasteiger partial charge in [-0.05, 0) is 60.8 Å². The van der Waals surface area contributed by atoms with Crippen molar-refractivity contribution in [3.63, 3.8) is 0 Å². The predicted octanol–water partition coefficient (Wildman–Crippen LogP) is 5.29. The Balaban J connectivity index is 2.07. The van der Waals surface area contributed by atoms with E-state index in [2.05, 4.69) is 30.4 Å². The Labute approximate surface area is 185 Å². The van der Waals surface area contributed by atoms with Gasteiger partial charge in [0, 0.05) is 17.3 Å². The molecule has 170 valence electrons. The Morgan fingerprint density at radius 2 is 1.77 bits per heavy atom. The van der Waals surface area contributed by atoms with Crippen LogP contribution in [0.15, 0.2) is 54.7 Å². The minimum absolute atomic E-state index is 0.505. The van der Waals surface area contributed by atoms with Gasteiger partial charge in [-0.1, -0.05) is 62.4 Å². The van der Waals surface area contributed by atoms with E-state index in [1.165, 1.54) is 38.4 Å². The lowest BCUT2D eigenvalue weighted by atomic mass is 9.95. The molecule has 0 aliphatic carbocycles. The number of unbranched alkanes of at least 4 members (excludes halogenated alkanes) is 4. The van der Waals surface area contributed by atoms with Crippen molar-refractivity contribution in [3.05, 3.63) is 60.3 Å². The zero-order valence-corrected chi connectivity index (χ0v) is 18.7. The molecule has 7 heteroatoms. The molecule has 2 aromatic rings. The van der Waals surface area contributed by atoms with Crippen LogP contribution in [0.25, 0.3) is 11.1 Å². The summed E-state index contributed by atoms with van der Waals surface area (Å²) in [7, 11) is 3.30. The highest BCUT2D eigenvalue weighted by molar-refractivity contribution is 5.70. The van der Waals surface area contributed by atoms with Crippen LogP contribution in [0.1, 0.15) is 44.6 Å². The molecule has 0 aliphatic rings. The molecule has 0 spiro atoms. The fraction of sp³-hybridized carbons (Fsp3) is 0.417. The van der Waals surface area contributed by atoms with Gasteiger partial charge in [0.05, 0.1) is 7.11 Å². The van der Waals surface area contributed by atoms with Crippen molar-refractivity contribution in [1.29, 1.82) is 0 Å². The SMILES string of the molecule is C=C(CNC)NOOOc1cccc(-c2cc(OOC)ccc2CCCCCCC)c1. The predicted molar refractivity (Wildman–Crippen MR) is 121 cm³/mol. The van der Waals surface area contributed by atoms with Gasteiger partial charge in [-0.25, -0.2) is 5.48 Å². The summed E-state index contributed by atoms with van der Waals surface area (Å²) in [6.45, 7) is 6.53. The molecule has 0 fully saturated rings. The van der Waals surface area contributed by atoms with Gasteiger partial charge in [-0.3, -0.25) is 0 Å². The van der Waals surface area contributed by atoms with E-state index in [0.29, 0.717) is 23.7 Å². The van der Waals surface area contributed by atoms with Crippen molar-refractivity contribution in [1.82, 2.24) is 10.8 Å². The third-order valence-electron chi connectivity index (χ3n) is 4.70. The second-order valence-corrected chi connectivity index (χ2v) is 7.23. The van der Waals surface area contributed by atoms with E-state index < -0.39 is 0 Å². The van der Waals surface area contributed by atoms with Crippen LogP contribution in [0, 0.1) is 0 Å². The number of hydrogen-bond donors (Lipinski definition) is 2. The first-order valence-corrected chi connectivity index (χ1v) is 10.7. The van der Waals surface area contributed by atoms with E-state index in [4.69, 9.17) is 24.7 Å². The van der Waals surface area contributed by atoms with Gasteiger partial charge in [0.2, 0.25) is 0 Å². The lowest BCUT2D eigenvalue weighted by molar-refractivity contribution is -0.487. The summed E-state index contributed by atoms with van der Waals surface area (Å²) in [4.78, 5) is 20.1. The van der Waals surface area contributed by atoms with Crippen LogP contribution >= 0.6 is 0 Å². The quantitative estimate of drug-likeness (QED) is 0.213. The molecule has 2 aromatic carbocycles. The largest absolute Gasteiger partial charge is 0.338 e. The van der Waals surface area contributed by atoms with Crippen LogP contribution in [0.4, 0.5) is 0 Å². The average Bonchev–Trinajstić information content (AvgIpc) is 2.78. The van der Waals surface area contributed by atoms with Gasteiger partial charge in [0.1, 0.15) is 0 Å². The molecule has 2 rings (SSSR count). The molecule has 0 saturated carbocycles. The summed E-state index contributed by atoms with van der Waals surface area (Å²) in [6.07, 6.45) is 7.16. The van der Waals surface area contributed by atoms with Crippen LogP contribution in [-0.2, 0) is 21.3 Å². The summed E-state index contributed by atoms with van der Waals surface area (Å²) >= 11 is 0. The van der Waals surface area contributed by atoms with Gasteiger partial charge in [0.15, 0.2) is 11.5 Å². The monoisotopic (exact) mass is 430 g/mol. The fourth-order valence-corrected chi connectivity index (χ4v) is 3.21. The normalized spacial score (nSPS) is 10.7. The number of likely N-dealkylation sites (N-methyl/N-ethyl adjacent to an activating group) is 1. The van der Waals surface area contributed by atoms with Crippen LogP contribution < -0.4 is 20.6 Å². The summed E-state index contributed by atoms with van der Waals surface area (Å²) in [5.74, 6) is 1.15. The highest BCUT2D eigenvalue weighted by Crippen LogP contribution is 2.31. The first kappa shape index (κ1) is 24.7. The number of benzene rings is 2. The Kier molecular flexibility index (Phi) is 11.5. The minimum atomic E-state index is 0.505. The number of nitrogens with one attached hydrogen (secondary N) is 2. The molecule has 0 unspecified atom stereocenters. The summed E-state index contributed by atoms with van der Waals surface area (Å²) in [5, 5.41) is 7.72. The number of hydrogen-bond acceptors (Lipinski definition) is 7. The van der Waals surface area contributed by atoms with Crippen LogP contribution in [0.3, 0.4) is 0 Å². The number of hydroxylamine groups is 1. The van der Waals surface area contributed by atoms with E-state index >= 15 is 0 Å². The maximum absolute atomic E-state index is 5.24. The molecule has 0 radical (unpaired) electrons. The van der Waals surface area contributed by atoms with E-state index in [1.807, 2.05) is 37.4 Å². The molecular formula is C24H34N2O5. The van der Waals surface area contributed by atoms with E-state index in [0.717, 1.165) is 24.0 Å². The van der Waals surface area contributed by atoms with Crippen LogP contribution in [0.5, 0.6) is 11.5 Å². The molecule has 0 aliphatic heterocycles. The van der Waals surface area contributed by atoms with Gasteiger partial charge < -0.3 is 15.1 Å². The van der Waals surface area contributed by atoms with Crippen molar-refractivity contribution >= 4 is 0 Å². The summed E-state index contributed by atoms with van der Waals surface area (Å²) < 4.78 is 0. The third-order valence-corrected chi connectivity index (χ3v) is 4.70. The molecule has 31 heavy (non-hydrogen) atoms. The smallest absolute Gasteiger partial charge is 0.169 e. The number of aryl methyl sites for hydroxylation is 1. The van der Waals surface area contributed by atoms with Crippen molar-refractivity contribution in [2.24, 2.45) is 0 Å². The molecule has 0 bridgehead atoms. The zero-order chi connectivity index (χ0) is 22.3. The van der Waals surface area contributed by atoms with Gasteiger partial charge in [-0.2, -0.15) is 4.89 Å². The molecule has 0 atom stereocenters. The highest BCUT2D eigenvalue weighted by atomic mass is 17.5. The molecule has 0 saturated heterocycles. The maximum Gasteiger partial charge on any atom is 0.169 e. The maximum atomic E-state index is 5.24. The van der Waals surface area contributed by atoms with Gasteiger partial charge >= 0.3 is 0 Å². The molecule has 0 heterocycles. The molecule has 0 amide bonds. The zero-order valence-electron chi connectivity index (χ0n) is 18.7. The summed E-state index contributed by atoms with van der Waals surface area (Å²) in [6, 6.07) is 13.6. The minimum Gasteiger partial charge on any atom is -0.338 e. The topological polar surface area (TPSA) is 70.2 Å². The van der Waals surface area contributed by atoms with Crippen molar-refractivity contribution in [2.75, 3.05) is 20.7 Å². The highest BCUT2D eigenvalue weighted by Gasteiger charge is 2.10.